The van der Waals surface area contributed by atoms with Crippen LogP contribution in [0.1, 0.15) is 22.8 Å². The number of hydrogen-bond acceptors (Lipinski definition) is 3. The maximum absolute atomic E-state index is 12.1. The van der Waals surface area contributed by atoms with Gasteiger partial charge in [-0.3, -0.25) is 4.79 Å². The van der Waals surface area contributed by atoms with Gasteiger partial charge in [0.15, 0.2) is 6.10 Å². The Morgan fingerprint density at radius 1 is 1.16 bits per heavy atom. The molecule has 3 heteroatoms. The SMILES string of the molecule is CC(Oc1cccc(CO)c1)C(=O)c1ccccc1. The van der Waals surface area contributed by atoms with Gasteiger partial charge in [0.1, 0.15) is 5.75 Å². The highest BCUT2D eigenvalue weighted by molar-refractivity contribution is 5.99. The van der Waals surface area contributed by atoms with Gasteiger partial charge in [0.2, 0.25) is 5.78 Å². The highest BCUT2D eigenvalue weighted by Gasteiger charge is 2.16. The van der Waals surface area contributed by atoms with Gasteiger partial charge >= 0.3 is 0 Å². The van der Waals surface area contributed by atoms with E-state index in [1.165, 1.54) is 0 Å². The Balaban J connectivity index is 2.08. The Kier molecular flexibility index (Phi) is 4.31. The minimum absolute atomic E-state index is 0.0434. The molecule has 2 aromatic rings. The Labute approximate surface area is 112 Å². The van der Waals surface area contributed by atoms with Gasteiger partial charge in [-0.05, 0) is 24.6 Å². The molecule has 0 amide bonds. The summed E-state index contributed by atoms with van der Waals surface area (Å²) in [5.41, 5.74) is 1.39. The summed E-state index contributed by atoms with van der Waals surface area (Å²) in [4.78, 5) is 12.1. The Morgan fingerprint density at radius 2 is 1.89 bits per heavy atom. The Morgan fingerprint density at radius 3 is 2.58 bits per heavy atom. The van der Waals surface area contributed by atoms with Crippen LogP contribution >= 0.6 is 0 Å². The van der Waals surface area contributed by atoms with Crippen LogP contribution in [0, 0.1) is 0 Å². The van der Waals surface area contributed by atoms with Crippen molar-refractivity contribution in [2.75, 3.05) is 0 Å². The number of rotatable bonds is 5. The van der Waals surface area contributed by atoms with Gasteiger partial charge in [0.25, 0.3) is 0 Å². The molecule has 0 aromatic heterocycles. The monoisotopic (exact) mass is 256 g/mol. The lowest BCUT2D eigenvalue weighted by Crippen LogP contribution is -2.23. The molecule has 2 rings (SSSR count). The van der Waals surface area contributed by atoms with Crippen molar-refractivity contribution in [1.29, 1.82) is 0 Å². The van der Waals surface area contributed by atoms with Crippen LogP contribution in [0.5, 0.6) is 5.75 Å². The van der Waals surface area contributed by atoms with Crippen molar-refractivity contribution in [3.8, 4) is 5.75 Å². The maximum Gasteiger partial charge on any atom is 0.202 e. The first-order valence-corrected chi connectivity index (χ1v) is 6.16. The summed E-state index contributed by atoms with van der Waals surface area (Å²) in [6.45, 7) is 1.68. The summed E-state index contributed by atoms with van der Waals surface area (Å²) < 4.78 is 5.61. The van der Waals surface area contributed by atoms with Crippen molar-refractivity contribution >= 4 is 5.78 Å². The molecule has 0 aliphatic heterocycles. The summed E-state index contributed by atoms with van der Waals surface area (Å²) in [5.74, 6) is 0.526. The molecule has 1 unspecified atom stereocenters. The molecular formula is C16H16O3. The van der Waals surface area contributed by atoms with Gasteiger partial charge in [0.05, 0.1) is 6.61 Å². The molecule has 0 radical (unpaired) electrons. The van der Waals surface area contributed by atoms with Crippen LogP contribution in [-0.4, -0.2) is 17.0 Å². The fourth-order valence-electron chi connectivity index (χ4n) is 1.81. The van der Waals surface area contributed by atoms with Crippen LogP contribution in [0.3, 0.4) is 0 Å². The number of carbonyl (C=O) groups excluding carboxylic acids is 1. The standard InChI is InChI=1S/C16H16O3/c1-12(16(18)14-7-3-2-4-8-14)19-15-9-5-6-13(10-15)11-17/h2-10,12,17H,11H2,1H3. The van der Waals surface area contributed by atoms with E-state index in [9.17, 15) is 4.79 Å². The van der Waals surface area contributed by atoms with E-state index in [2.05, 4.69) is 0 Å². The van der Waals surface area contributed by atoms with E-state index in [1.54, 1.807) is 43.3 Å². The van der Waals surface area contributed by atoms with Crippen molar-refractivity contribution in [3.63, 3.8) is 0 Å². The van der Waals surface area contributed by atoms with Crippen molar-refractivity contribution in [1.82, 2.24) is 0 Å². The average molecular weight is 256 g/mol. The first-order chi connectivity index (χ1) is 9.20. The molecule has 0 spiro atoms. The molecule has 1 N–H and O–H groups in total. The molecule has 0 fully saturated rings. The second kappa shape index (κ2) is 6.16. The number of ether oxygens (including phenoxy) is 1. The van der Waals surface area contributed by atoms with E-state index in [1.807, 2.05) is 18.2 Å². The number of hydrogen-bond donors (Lipinski definition) is 1. The van der Waals surface area contributed by atoms with Gasteiger partial charge < -0.3 is 9.84 Å². The van der Waals surface area contributed by atoms with Crippen molar-refractivity contribution in [2.24, 2.45) is 0 Å². The van der Waals surface area contributed by atoms with E-state index in [-0.39, 0.29) is 12.4 Å². The van der Waals surface area contributed by atoms with Crippen LogP contribution in [0.4, 0.5) is 0 Å². The summed E-state index contributed by atoms with van der Waals surface area (Å²) in [7, 11) is 0. The van der Waals surface area contributed by atoms with E-state index >= 15 is 0 Å². The predicted molar refractivity (Wildman–Crippen MR) is 73.2 cm³/mol. The number of ketones is 1. The number of aliphatic hydroxyl groups excluding tert-OH is 1. The average Bonchev–Trinajstić information content (AvgIpc) is 2.47. The molecule has 3 nitrogen and oxygen atoms in total. The van der Waals surface area contributed by atoms with Crippen molar-refractivity contribution < 1.29 is 14.6 Å². The Bertz CT molecular complexity index is 549. The van der Waals surface area contributed by atoms with Gasteiger partial charge in [-0.25, -0.2) is 0 Å². The highest BCUT2D eigenvalue weighted by Crippen LogP contribution is 2.16. The third-order valence-corrected chi connectivity index (χ3v) is 2.82. The first-order valence-electron chi connectivity index (χ1n) is 6.16. The Hall–Kier alpha value is -2.13. The van der Waals surface area contributed by atoms with Gasteiger partial charge in [0, 0.05) is 5.56 Å². The van der Waals surface area contributed by atoms with Crippen molar-refractivity contribution in [3.05, 3.63) is 65.7 Å². The zero-order valence-corrected chi connectivity index (χ0v) is 10.7. The third kappa shape index (κ3) is 3.42. The van der Waals surface area contributed by atoms with E-state index in [4.69, 9.17) is 9.84 Å². The molecular weight excluding hydrogens is 240 g/mol. The number of aliphatic hydroxyl groups is 1. The molecule has 0 aliphatic rings. The van der Waals surface area contributed by atoms with Crippen LogP contribution in [0.25, 0.3) is 0 Å². The normalized spacial score (nSPS) is 11.9. The van der Waals surface area contributed by atoms with Crippen LogP contribution in [0.15, 0.2) is 54.6 Å². The molecule has 0 aliphatic carbocycles. The van der Waals surface area contributed by atoms with E-state index in [0.29, 0.717) is 11.3 Å². The topological polar surface area (TPSA) is 46.5 Å². The minimum Gasteiger partial charge on any atom is -0.483 e. The van der Waals surface area contributed by atoms with E-state index in [0.717, 1.165) is 5.56 Å². The van der Waals surface area contributed by atoms with Crippen LogP contribution in [0.2, 0.25) is 0 Å². The summed E-state index contributed by atoms with van der Waals surface area (Å²) in [5, 5.41) is 9.06. The van der Waals surface area contributed by atoms with Crippen molar-refractivity contribution in [2.45, 2.75) is 19.6 Å². The molecule has 19 heavy (non-hydrogen) atoms. The summed E-state index contributed by atoms with van der Waals surface area (Å²) in [6.07, 6.45) is -0.559. The zero-order chi connectivity index (χ0) is 13.7. The summed E-state index contributed by atoms with van der Waals surface area (Å²) in [6, 6.07) is 16.2. The maximum atomic E-state index is 12.1. The zero-order valence-electron chi connectivity index (χ0n) is 10.7. The van der Waals surface area contributed by atoms with Gasteiger partial charge in [-0.15, -0.1) is 0 Å². The quantitative estimate of drug-likeness (QED) is 0.837. The fourth-order valence-corrected chi connectivity index (χ4v) is 1.81. The summed E-state index contributed by atoms with van der Waals surface area (Å²) >= 11 is 0. The first kappa shape index (κ1) is 13.3. The second-order valence-electron chi connectivity index (χ2n) is 4.30. The van der Waals surface area contributed by atoms with E-state index < -0.39 is 6.10 Å². The lowest BCUT2D eigenvalue weighted by Gasteiger charge is -2.14. The minimum atomic E-state index is -0.559. The number of Topliss-reactive ketones (excluding diaryl/α,β-unsaturated/α-hetero) is 1. The molecule has 0 saturated carbocycles. The lowest BCUT2D eigenvalue weighted by molar-refractivity contribution is 0.0818. The predicted octanol–water partition coefficient (Wildman–Crippen LogP) is 2.83. The smallest absolute Gasteiger partial charge is 0.202 e. The molecule has 0 heterocycles. The highest BCUT2D eigenvalue weighted by atomic mass is 16.5. The molecule has 2 aromatic carbocycles. The molecule has 0 saturated heterocycles. The third-order valence-electron chi connectivity index (χ3n) is 2.82. The molecule has 0 bridgehead atoms. The lowest BCUT2D eigenvalue weighted by atomic mass is 10.1. The molecule has 98 valence electrons. The largest absolute Gasteiger partial charge is 0.483 e. The fraction of sp³-hybridized carbons (Fsp3) is 0.188. The molecule has 1 atom stereocenters. The van der Waals surface area contributed by atoms with Crippen LogP contribution in [-0.2, 0) is 6.61 Å². The number of benzene rings is 2. The van der Waals surface area contributed by atoms with Gasteiger partial charge in [-0.2, -0.15) is 0 Å². The second-order valence-corrected chi connectivity index (χ2v) is 4.30. The number of carbonyl (C=O) groups is 1. The van der Waals surface area contributed by atoms with Crippen LogP contribution < -0.4 is 4.74 Å². The van der Waals surface area contributed by atoms with Gasteiger partial charge in [-0.1, -0.05) is 42.5 Å².